The van der Waals surface area contributed by atoms with E-state index < -0.39 is 12.0 Å². The fraction of sp³-hybridized carbons (Fsp3) is 0.467. The largest absolute Gasteiger partial charge is 0.480 e. The summed E-state index contributed by atoms with van der Waals surface area (Å²) in [4.78, 5) is 25.7. The number of hydrogen-bond acceptors (Lipinski definition) is 3. The number of anilines is 1. The quantitative estimate of drug-likeness (QED) is 0.845. The molecule has 2 aliphatic heterocycles. The predicted molar refractivity (Wildman–Crippen MR) is 74.6 cm³/mol. The Morgan fingerprint density at radius 1 is 1.30 bits per heavy atom. The molecule has 2 aliphatic rings. The summed E-state index contributed by atoms with van der Waals surface area (Å²) in [7, 11) is 0. The molecule has 3 rings (SSSR count). The number of nitrogens with one attached hydrogen (secondary N) is 1. The maximum absolute atomic E-state index is 12.7. The average Bonchev–Trinajstić information content (AvgIpc) is 2.87. The number of nitrogens with zero attached hydrogens (tertiary/aromatic N) is 1. The molecule has 1 saturated heterocycles. The molecule has 5 heteroatoms. The minimum absolute atomic E-state index is 0.0606. The van der Waals surface area contributed by atoms with Crippen LogP contribution in [-0.2, 0) is 16.0 Å². The first-order chi connectivity index (χ1) is 9.68. The van der Waals surface area contributed by atoms with Gasteiger partial charge in [0.1, 0.15) is 6.04 Å². The minimum atomic E-state index is -0.932. The van der Waals surface area contributed by atoms with Gasteiger partial charge in [0.15, 0.2) is 0 Å². The van der Waals surface area contributed by atoms with Crippen LogP contribution in [-0.4, -0.2) is 36.1 Å². The minimum Gasteiger partial charge on any atom is -0.480 e. The van der Waals surface area contributed by atoms with Gasteiger partial charge in [-0.25, -0.2) is 4.79 Å². The number of benzene rings is 1. The van der Waals surface area contributed by atoms with Crippen LogP contribution in [0.15, 0.2) is 24.3 Å². The van der Waals surface area contributed by atoms with E-state index >= 15 is 0 Å². The van der Waals surface area contributed by atoms with E-state index in [2.05, 4.69) is 5.32 Å². The van der Waals surface area contributed by atoms with Crippen molar-refractivity contribution in [2.24, 2.45) is 5.92 Å². The number of aliphatic carboxylic acids is 1. The van der Waals surface area contributed by atoms with Crippen molar-refractivity contribution in [1.29, 1.82) is 0 Å². The van der Waals surface area contributed by atoms with Gasteiger partial charge in [0, 0.05) is 18.7 Å². The molecule has 0 bridgehead atoms. The van der Waals surface area contributed by atoms with Gasteiger partial charge in [-0.1, -0.05) is 18.2 Å². The van der Waals surface area contributed by atoms with Crippen LogP contribution in [0.4, 0.5) is 5.69 Å². The van der Waals surface area contributed by atoms with Crippen molar-refractivity contribution in [3.63, 3.8) is 0 Å². The summed E-state index contributed by atoms with van der Waals surface area (Å²) in [6.07, 6.45) is 2.19. The summed E-state index contributed by atoms with van der Waals surface area (Å²) in [5, 5.41) is 12.6. The lowest BCUT2D eigenvalue weighted by Gasteiger charge is -2.29. The molecule has 1 unspecified atom stereocenters. The molecular formula is C15H18N2O3. The van der Waals surface area contributed by atoms with Crippen LogP contribution < -0.4 is 10.2 Å². The zero-order chi connectivity index (χ0) is 14.1. The summed E-state index contributed by atoms with van der Waals surface area (Å²) in [5.41, 5.74) is 1.70. The number of fused-ring (bicyclic) bond motifs is 1. The summed E-state index contributed by atoms with van der Waals surface area (Å²) in [6.45, 7) is 1.58. The molecule has 0 saturated carbocycles. The number of para-hydroxylation sites is 1. The second kappa shape index (κ2) is 5.25. The maximum Gasteiger partial charge on any atom is 0.327 e. The molecule has 5 nitrogen and oxygen atoms in total. The molecule has 1 fully saturated rings. The van der Waals surface area contributed by atoms with E-state index in [1.54, 1.807) is 0 Å². The van der Waals surface area contributed by atoms with Crippen molar-refractivity contribution < 1.29 is 14.7 Å². The van der Waals surface area contributed by atoms with Crippen molar-refractivity contribution >= 4 is 17.6 Å². The van der Waals surface area contributed by atoms with Crippen molar-refractivity contribution in [2.45, 2.75) is 25.3 Å². The highest BCUT2D eigenvalue weighted by Crippen LogP contribution is 2.34. The van der Waals surface area contributed by atoms with Crippen LogP contribution in [0.3, 0.4) is 0 Å². The molecule has 2 atom stereocenters. The van der Waals surface area contributed by atoms with Gasteiger partial charge in [-0.2, -0.15) is 0 Å². The standard InChI is InChI=1S/C15H18N2O3/c18-14(11-5-3-7-16-9-11)17-12-6-2-1-4-10(12)8-13(17)15(19)20/h1-2,4,6,11,13,16H,3,5,7-9H2,(H,19,20)/t11-,13?/m0/s1. The van der Waals surface area contributed by atoms with E-state index in [1.165, 1.54) is 4.90 Å². The lowest BCUT2D eigenvalue weighted by Crippen LogP contribution is -2.48. The first-order valence-electron chi connectivity index (χ1n) is 7.03. The number of amides is 1. The van der Waals surface area contributed by atoms with E-state index in [1.807, 2.05) is 24.3 Å². The van der Waals surface area contributed by atoms with Gasteiger partial charge in [0.2, 0.25) is 5.91 Å². The topological polar surface area (TPSA) is 69.6 Å². The van der Waals surface area contributed by atoms with Crippen LogP contribution in [0.25, 0.3) is 0 Å². The molecule has 0 spiro atoms. The zero-order valence-corrected chi connectivity index (χ0v) is 11.2. The Balaban J connectivity index is 1.91. The van der Waals surface area contributed by atoms with Crippen molar-refractivity contribution in [2.75, 3.05) is 18.0 Å². The predicted octanol–water partition coefficient (Wildman–Crippen LogP) is 1.03. The van der Waals surface area contributed by atoms with Gasteiger partial charge < -0.3 is 10.4 Å². The number of carboxylic acids is 1. The van der Waals surface area contributed by atoms with Crippen molar-refractivity contribution in [1.82, 2.24) is 5.32 Å². The molecular weight excluding hydrogens is 256 g/mol. The lowest BCUT2D eigenvalue weighted by molar-refractivity contribution is -0.140. The van der Waals surface area contributed by atoms with Gasteiger partial charge in [0.25, 0.3) is 0 Å². The van der Waals surface area contributed by atoms with Gasteiger partial charge in [-0.05, 0) is 31.0 Å². The van der Waals surface area contributed by atoms with Crippen LogP contribution in [0.2, 0.25) is 0 Å². The summed E-state index contributed by atoms with van der Waals surface area (Å²) >= 11 is 0. The molecule has 0 radical (unpaired) electrons. The number of carbonyl (C=O) groups excluding carboxylic acids is 1. The monoisotopic (exact) mass is 274 g/mol. The molecule has 1 aromatic carbocycles. The van der Waals surface area contributed by atoms with Crippen LogP contribution in [0, 0.1) is 5.92 Å². The molecule has 0 aromatic heterocycles. The Kier molecular flexibility index (Phi) is 3.44. The Morgan fingerprint density at radius 2 is 2.10 bits per heavy atom. The van der Waals surface area contributed by atoms with E-state index in [4.69, 9.17) is 0 Å². The maximum atomic E-state index is 12.7. The average molecular weight is 274 g/mol. The second-order valence-corrected chi connectivity index (χ2v) is 5.44. The Bertz CT molecular complexity index is 538. The summed E-state index contributed by atoms with van der Waals surface area (Å²) < 4.78 is 0. The SMILES string of the molecule is O=C(O)C1Cc2ccccc2N1C(=O)[C@H]1CCCNC1. The first kappa shape index (κ1) is 13.1. The van der Waals surface area contributed by atoms with Crippen molar-refractivity contribution in [3.05, 3.63) is 29.8 Å². The van der Waals surface area contributed by atoms with Gasteiger partial charge in [-0.15, -0.1) is 0 Å². The molecule has 106 valence electrons. The third kappa shape index (κ3) is 2.18. The Morgan fingerprint density at radius 3 is 2.80 bits per heavy atom. The van der Waals surface area contributed by atoms with E-state index in [0.717, 1.165) is 30.6 Å². The fourth-order valence-electron chi connectivity index (χ4n) is 3.12. The molecule has 1 amide bonds. The van der Waals surface area contributed by atoms with Crippen LogP contribution in [0.5, 0.6) is 0 Å². The third-order valence-electron chi connectivity index (χ3n) is 4.14. The van der Waals surface area contributed by atoms with Gasteiger partial charge >= 0.3 is 5.97 Å². The number of piperidine rings is 1. The number of carboxylic acid groups (broad SMARTS) is 1. The summed E-state index contributed by atoms with van der Waals surface area (Å²) in [5.74, 6) is -1.11. The highest BCUT2D eigenvalue weighted by molar-refractivity contribution is 6.03. The summed E-state index contributed by atoms with van der Waals surface area (Å²) in [6, 6.07) is 6.71. The van der Waals surface area contributed by atoms with E-state index in [9.17, 15) is 14.7 Å². The Hall–Kier alpha value is -1.88. The number of hydrogen-bond donors (Lipinski definition) is 2. The number of rotatable bonds is 2. The van der Waals surface area contributed by atoms with Gasteiger partial charge in [0.05, 0.1) is 5.92 Å². The van der Waals surface area contributed by atoms with Crippen molar-refractivity contribution in [3.8, 4) is 0 Å². The molecule has 2 N–H and O–H groups in total. The smallest absolute Gasteiger partial charge is 0.327 e. The third-order valence-corrected chi connectivity index (χ3v) is 4.14. The first-order valence-corrected chi connectivity index (χ1v) is 7.03. The highest BCUT2D eigenvalue weighted by atomic mass is 16.4. The van der Waals surface area contributed by atoms with E-state index in [0.29, 0.717) is 13.0 Å². The van der Waals surface area contributed by atoms with E-state index in [-0.39, 0.29) is 11.8 Å². The fourth-order valence-corrected chi connectivity index (χ4v) is 3.12. The van der Waals surface area contributed by atoms with Crippen LogP contribution in [0.1, 0.15) is 18.4 Å². The zero-order valence-electron chi connectivity index (χ0n) is 11.2. The van der Waals surface area contributed by atoms with Crippen LogP contribution >= 0.6 is 0 Å². The lowest BCUT2D eigenvalue weighted by atomic mass is 9.97. The Labute approximate surface area is 117 Å². The normalized spacial score (nSPS) is 25.3. The molecule has 1 aromatic rings. The highest BCUT2D eigenvalue weighted by Gasteiger charge is 2.40. The molecule has 0 aliphatic carbocycles. The second-order valence-electron chi connectivity index (χ2n) is 5.44. The molecule has 2 heterocycles. The molecule has 20 heavy (non-hydrogen) atoms. The number of carbonyl (C=O) groups is 2. The van der Waals surface area contributed by atoms with Gasteiger partial charge in [-0.3, -0.25) is 9.69 Å².